The summed E-state index contributed by atoms with van der Waals surface area (Å²) < 4.78 is 0. The van der Waals surface area contributed by atoms with Crippen molar-refractivity contribution in [3.63, 3.8) is 0 Å². The molecule has 5 nitrogen and oxygen atoms in total. The first kappa shape index (κ1) is 13.4. The van der Waals surface area contributed by atoms with Crippen molar-refractivity contribution >= 4 is 11.4 Å². The lowest BCUT2D eigenvalue weighted by Crippen LogP contribution is -2.19. The molecule has 0 spiro atoms. The number of para-hydroxylation sites is 2. The second-order valence-corrected chi connectivity index (χ2v) is 3.95. The predicted molar refractivity (Wildman–Crippen MR) is 67.3 cm³/mol. The number of rotatable bonds is 7. The molecule has 0 aliphatic carbocycles. The number of unbranched alkanes of at least 4 members (excludes halogenated alkanes) is 2. The molecular weight excluding hydrogens is 220 g/mol. The molecule has 0 radical (unpaired) electrons. The molecule has 0 aliphatic heterocycles. The van der Waals surface area contributed by atoms with E-state index in [1.807, 2.05) is 11.9 Å². The number of aliphatic hydroxyl groups excluding tert-OH is 1. The number of hydrogen-bond acceptors (Lipinski definition) is 4. The Kier molecular flexibility index (Phi) is 5.42. The standard InChI is InChI=1S/C12H18N2O3/c1-13(9-5-2-6-10-15)11-7-3-4-8-12(11)14(16)17/h3-4,7-8,15H,2,5-6,9-10H2,1H3. The minimum atomic E-state index is -0.362. The molecule has 0 unspecified atom stereocenters. The average Bonchev–Trinajstić information content (AvgIpc) is 2.34. The minimum absolute atomic E-state index is 0.136. The van der Waals surface area contributed by atoms with Crippen molar-refractivity contribution in [2.45, 2.75) is 19.3 Å². The van der Waals surface area contributed by atoms with E-state index in [0.717, 1.165) is 25.8 Å². The number of nitro benzene ring substituents is 1. The Bertz CT molecular complexity index is 369. The van der Waals surface area contributed by atoms with E-state index < -0.39 is 0 Å². The summed E-state index contributed by atoms with van der Waals surface area (Å²) in [6.45, 7) is 0.958. The Balaban J connectivity index is 2.62. The van der Waals surface area contributed by atoms with Crippen LogP contribution in [-0.4, -0.2) is 30.2 Å². The Morgan fingerprint density at radius 1 is 1.29 bits per heavy atom. The zero-order valence-electron chi connectivity index (χ0n) is 10.0. The summed E-state index contributed by atoms with van der Waals surface area (Å²) in [5.74, 6) is 0. The first-order valence-corrected chi connectivity index (χ1v) is 5.72. The summed E-state index contributed by atoms with van der Waals surface area (Å²) in [5, 5.41) is 19.5. The largest absolute Gasteiger partial charge is 0.396 e. The SMILES string of the molecule is CN(CCCCCO)c1ccccc1[N+](=O)[O-]. The van der Waals surface area contributed by atoms with Gasteiger partial charge in [-0.3, -0.25) is 10.1 Å². The topological polar surface area (TPSA) is 66.6 Å². The second kappa shape index (κ2) is 6.85. The molecular formula is C12H18N2O3. The predicted octanol–water partition coefficient (Wildman–Crippen LogP) is 2.19. The zero-order chi connectivity index (χ0) is 12.7. The van der Waals surface area contributed by atoms with E-state index >= 15 is 0 Å². The number of anilines is 1. The average molecular weight is 238 g/mol. The number of benzene rings is 1. The molecule has 0 aliphatic rings. The molecule has 1 N–H and O–H groups in total. The van der Waals surface area contributed by atoms with Gasteiger partial charge in [-0.15, -0.1) is 0 Å². The second-order valence-electron chi connectivity index (χ2n) is 3.95. The molecule has 0 bridgehead atoms. The van der Waals surface area contributed by atoms with E-state index in [2.05, 4.69) is 0 Å². The molecule has 1 aromatic rings. The summed E-state index contributed by atoms with van der Waals surface area (Å²) >= 11 is 0. The highest BCUT2D eigenvalue weighted by Crippen LogP contribution is 2.26. The van der Waals surface area contributed by atoms with Crippen LogP contribution < -0.4 is 4.90 Å². The number of hydrogen-bond donors (Lipinski definition) is 1. The monoisotopic (exact) mass is 238 g/mol. The molecule has 1 aromatic carbocycles. The van der Waals surface area contributed by atoms with Crippen LogP contribution in [0, 0.1) is 10.1 Å². The van der Waals surface area contributed by atoms with Crippen molar-refractivity contribution in [2.75, 3.05) is 25.1 Å². The van der Waals surface area contributed by atoms with Crippen LogP contribution in [0.1, 0.15) is 19.3 Å². The zero-order valence-corrected chi connectivity index (χ0v) is 10.0. The molecule has 0 fully saturated rings. The summed E-state index contributed by atoms with van der Waals surface area (Å²) in [6.07, 6.45) is 2.63. The fourth-order valence-electron chi connectivity index (χ4n) is 1.70. The quantitative estimate of drug-likeness (QED) is 0.449. The highest BCUT2D eigenvalue weighted by molar-refractivity contribution is 5.62. The maximum absolute atomic E-state index is 10.8. The fourth-order valence-corrected chi connectivity index (χ4v) is 1.70. The van der Waals surface area contributed by atoms with Gasteiger partial charge in [0, 0.05) is 26.3 Å². The van der Waals surface area contributed by atoms with Crippen molar-refractivity contribution in [1.29, 1.82) is 0 Å². The Hall–Kier alpha value is -1.62. The van der Waals surface area contributed by atoms with Gasteiger partial charge in [0.1, 0.15) is 5.69 Å². The van der Waals surface area contributed by atoms with Gasteiger partial charge in [-0.1, -0.05) is 12.1 Å². The lowest BCUT2D eigenvalue weighted by atomic mass is 10.2. The van der Waals surface area contributed by atoms with Gasteiger partial charge in [0.15, 0.2) is 0 Å². The molecule has 0 aromatic heterocycles. The Morgan fingerprint density at radius 3 is 2.65 bits per heavy atom. The maximum Gasteiger partial charge on any atom is 0.292 e. The van der Waals surface area contributed by atoms with Crippen molar-refractivity contribution in [2.24, 2.45) is 0 Å². The summed E-state index contributed by atoms with van der Waals surface area (Å²) in [5.41, 5.74) is 0.777. The molecule has 17 heavy (non-hydrogen) atoms. The number of nitrogens with zero attached hydrogens (tertiary/aromatic N) is 2. The Labute approximate surface area is 101 Å². The van der Waals surface area contributed by atoms with Crippen LogP contribution >= 0.6 is 0 Å². The molecule has 0 amide bonds. The van der Waals surface area contributed by atoms with Crippen molar-refractivity contribution in [3.8, 4) is 0 Å². The van der Waals surface area contributed by atoms with E-state index in [0.29, 0.717) is 5.69 Å². The number of aliphatic hydroxyl groups is 1. The third-order valence-corrected chi connectivity index (χ3v) is 2.64. The van der Waals surface area contributed by atoms with Gasteiger partial charge in [-0.25, -0.2) is 0 Å². The van der Waals surface area contributed by atoms with Crippen LogP contribution in [0.3, 0.4) is 0 Å². The van der Waals surface area contributed by atoms with Gasteiger partial charge >= 0.3 is 0 Å². The molecule has 5 heteroatoms. The molecule has 0 saturated carbocycles. The van der Waals surface area contributed by atoms with Gasteiger partial charge in [-0.05, 0) is 25.3 Å². The van der Waals surface area contributed by atoms with Crippen molar-refractivity contribution in [3.05, 3.63) is 34.4 Å². The normalized spacial score (nSPS) is 10.2. The molecule has 0 atom stereocenters. The smallest absolute Gasteiger partial charge is 0.292 e. The van der Waals surface area contributed by atoms with Gasteiger partial charge in [0.2, 0.25) is 0 Å². The number of nitro groups is 1. The first-order chi connectivity index (χ1) is 8.16. The molecule has 94 valence electrons. The summed E-state index contributed by atoms with van der Waals surface area (Å²) in [4.78, 5) is 12.4. The highest BCUT2D eigenvalue weighted by atomic mass is 16.6. The molecule has 1 rings (SSSR count). The summed E-state index contributed by atoms with van der Waals surface area (Å²) in [7, 11) is 1.85. The van der Waals surface area contributed by atoms with Crippen LogP contribution in [0.4, 0.5) is 11.4 Å². The Morgan fingerprint density at radius 2 is 2.00 bits per heavy atom. The van der Waals surface area contributed by atoms with Crippen LogP contribution in [-0.2, 0) is 0 Å². The van der Waals surface area contributed by atoms with E-state index in [9.17, 15) is 10.1 Å². The lowest BCUT2D eigenvalue weighted by molar-refractivity contribution is -0.384. The minimum Gasteiger partial charge on any atom is -0.396 e. The molecule has 0 saturated heterocycles. The van der Waals surface area contributed by atoms with Crippen LogP contribution in [0.2, 0.25) is 0 Å². The molecule has 0 heterocycles. The van der Waals surface area contributed by atoms with Gasteiger partial charge in [0.05, 0.1) is 4.92 Å². The third-order valence-electron chi connectivity index (χ3n) is 2.64. The maximum atomic E-state index is 10.8. The van der Waals surface area contributed by atoms with Gasteiger partial charge in [-0.2, -0.15) is 0 Å². The van der Waals surface area contributed by atoms with E-state index in [1.165, 1.54) is 6.07 Å². The third kappa shape index (κ3) is 4.03. The lowest BCUT2D eigenvalue weighted by Gasteiger charge is -2.18. The van der Waals surface area contributed by atoms with Gasteiger partial charge in [0.25, 0.3) is 5.69 Å². The van der Waals surface area contributed by atoms with Crippen molar-refractivity contribution in [1.82, 2.24) is 0 Å². The van der Waals surface area contributed by atoms with E-state index in [-0.39, 0.29) is 17.2 Å². The van der Waals surface area contributed by atoms with E-state index in [4.69, 9.17) is 5.11 Å². The van der Waals surface area contributed by atoms with Crippen LogP contribution in [0.15, 0.2) is 24.3 Å². The summed E-state index contributed by atoms with van der Waals surface area (Å²) in [6, 6.07) is 6.73. The van der Waals surface area contributed by atoms with Gasteiger partial charge < -0.3 is 10.0 Å². The van der Waals surface area contributed by atoms with E-state index in [1.54, 1.807) is 18.2 Å². The van der Waals surface area contributed by atoms with Crippen molar-refractivity contribution < 1.29 is 10.0 Å². The highest BCUT2D eigenvalue weighted by Gasteiger charge is 2.15. The van der Waals surface area contributed by atoms with Crippen LogP contribution in [0.5, 0.6) is 0 Å². The first-order valence-electron chi connectivity index (χ1n) is 5.72. The fraction of sp³-hybridized carbons (Fsp3) is 0.500. The van der Waals surface area contributed by atoms with Crippen LogP contribution in [0.25, 0.3) is 0 Å².